The second-order valence-electron chi connectivity index (χ2n) is 8.32. The number of carbonyl (C=O) groups is 1. The van der Waals surface area contributed by atoms with E-state index in [1.807, 2.05) is 6.20 Å². The molecular weight excluding hydrogens is 434 g/mol. The molecule has 0 radical (unpaired) electrons. The second kappa shape index (κ2) is 9.02. The van der Waals surface area contributed by atoms with Gasteiger partial charge in [-0.2, -0.15) is 0 Å². The molecule has 1 saturated carbocycles. The summed E-state index contributed by atoms with van der Waals surface area (Å²) in [5.41, 5.74) is 8.81. The van der Waals surface area contributed by atoms with Gasteiger partial charge in [-0.3, -0.25) is 4.79 Å². The van der Waals surface area contributed by atoms with Gasteiger partial charge in [-0.25, -0.2) is 4.98 Å². The van der Waals surface area contributed by atoms with Crippen LogP contribution in [0.5, 0.6) is 0 Å². The average Bonchev–Trinajstić information content (AvgIpc) is 3.33. The number of hydrogen-bond donors (Lipinski definition) is 3. The van der Waals surface area contributed by atoms with Crippen molar-refractivity contribution < 1.29 is 9.53 Å². The highest BCUT2D eigenvalue weighted by Crippen LogP contribution is 2.39. The highest BCUT2D eigenvalue weighted by atomic mass is 79.9. The molecule has 1 aliphatic carbocycles. The van der Waals surface area contributed by atoms with Crippen LogP contribution in [0.25, 0.3) is 11.0 Å². The molecule has 1 amide bonds. The van der Waals surface area contributed by atoms with Crippen LogP contribution in [0.15, 0.2) is 16.9 Å². The Bertz CT molecular complexity index is 860. The van der Waals surface area contributed by atoms with Crippen LogP contribution in [0.4, 0.5) is 11.4 Å². The average molecular weight is 464 g/mol. The molecule has 1 unspecified atom stereocenters. The number of H-pyrrole nitrogens is 1. The number of piperidine rings is 1. The number of ether oxygens (including phenoxy) is 1. The molecule has 2 saturated heterocycles. The van der Waals surface area contributed by atoms with E-state index >= 15 is 0 Å². The monoisotopic (exact) mass is 463 g/mol. The second-order valence-corrected chi connectivity index (χ2v) is 9.17. The molecule has 3 aliphatic rings. The Morgan fingerprint density at radius 1 is 1.34 bits per heavy atom. The molecule has 3 fully saturated rings. The zero-order valence-corrected chi connectivity index (χ0v) is 18.5. The van der Waals surface area contributed by atoms with Gasteiger partial charge in [0.1, 0.15) is 5.65 Å². The Labute approximate surface area is 179 Å². The van der Waals surface area contributed by atoms with E-state index in [2.05, 4.69) is 43.0 Å². The van der Waals surface area contributed by atoms with Gasteiger partial charge in [0.25, 0.3) is 0 Å². The van der Waals surface area contributed by atoms with Gasteiger partial charge in [-0.05, 0) is 61.4 Å². The third-order valence-corrected chi connectivity index (χ3v) is 6.35. The lowest BCUT2D eigenvalue weighted by molar-refractivity contribution is -0.117. The smallest absolute Gasteiger partial charge is 0.227 e. The molecule has 2 aromatic rings. The number of anilines is 2. The predicted octanol–water partition coefficient (Wildman–Crippen LogP) is 3.79. The molecule has 8 heteroatoms. The van der Waals surface area contributed by atoms with Crippen LogP contribution in [0.1, 0.15) is 45.4 Å². The topological polar surface area (TPSA) is 96.3 Å². The molecule has 29 heavy (non-hydrogen) atoms. The van der Waals surface area contributed by atoms with E-state index in [0.717, 1.165) is 72.3 Å². The first-order valence-corrected chi connectivity index (χ1v) is 11.4. The third kappa shape index (κ3) is 4.92. The maximum Gasteiger partial charge on any atom is 0.227 e. The van der Waals surface area contributed by atoms with Crippen LogP contribution >= 0.6 is 15.9 Å². The summed E-state index contributed by atoms with van der Waals surface area (Å²) in [6, 6.07) is 0.183. The molecule has 2 atom stereocenters. The molecule has 2 aromatic heterocycles. The van der Waals surface area contributed by atoms with Crippen molar-refractivity contribution >= 4 is 44.2 Å². The summed E-state index contributed by atoms with van der Waals surface area (Å²) in [5, 5.41) is 4.02. The minimum Gasteiger partial charge on any atom is -0.379 e. The number of aromatic nitrogens is 2. The lowest BCUT2D eigenvalue weighted by Crippen LogP contribution is -2.43. The number of hydrogen-bond acceptors (Lipinski definition) is 5. The Morgan fingerprint density at radius 3 is 2.79 bits per heavy atom. The molecule has 4 N–H and O–H groups in total. The molecule has 7 nitrogen and oxygen atoms in total. The molecule has 0 aromatic carbocycles. The van der Waals surface area contributed by atoms with Crippen LogP contribution in [0.3, 0.4) is 0 Å². The Kier molecular flexibility index (Phi) is 6.41. The van der Waals surface area contributed by atoms with E-state index in [-0.39, 0.29) is 17.9 Å². The quantitative estimate of drug-likeness (QED) is 0.643. The Balaban J connectivity index is 0.000000294. The molecule has 158 valence electrons. The summed E-state index contributed by atoms with van der Waals surface area (Å²) in [4.78, 5) is 22.0. The normalized spacial score (nSPS) is 24.3. The number of aromatic amines is 1. The Hall–Kier alpha value is -1.64. The number of amides is 1. The Morgan fingerprint density at radius 2 is 2.17 bits per heavy atom. The van der Waals surface area contributed by atoms with Gasteiger partial charge in [0, 0.05) is 44.0 Å². The summed E-state index contributed by atoms with van der Waals surface area (Å²) in [7, 11) is 0. The summed E-state index contributed by atoms with van der Waals surface area (Å²) >= 11 is 3.63. The summed E-state index contributed by atoms with van der Waals surface area (Å²) in [6.45, 7) is 4.89. The van der Waals surface area contributed by atoms with Gasteiger partial charge in [-0.15, -0.1) is 0 Å². The molecule has 4 heterocycles. The van der Waals surface area contributed by atoms with Gasteiger partial charge >= 0.3 is 0 Å². The van der Waals surface area contributed by atoms with E-state index in [0.29, 0.717) is 6.10 Å². The van der Waals surface area contributed by atoms with Crippen molar-refractivity contribution in [2.45, 2.75) is 57.6 Å². The predicted molar refractivity (Wildman–Crippen MR) is 119 cm³/mol. The standard InChI is InChI=1S/C16H20BrN5O.C5H10O/c17-11-6-19-15-13(14(11)22-5-1-2-10(18)8-22)12(7-20-15)21-16(23)9-3-4-9;1-5-3-2-4-6-5/h6-7,9-10H,1-5,8,18H2,(H,19,20)(H,21,23);5H,2-4H2,1H3/t10-;/m1./s1. The third-order valence-electron chi connectivity index (χ3n) is 5.77. The highest BCUT2D eigenvalue weighted by Gasteiger charge is 2.31. The minimum absolute atomic E-state index is 0.104. The summed E-state index contributed by atoms with van der Waals surface area (Å²) in [5.74, 6) is 0.277. The first-order valence-electron chi connectivity index (χ1n) is 10.6. The van der Waals surface area contributed by atoms with Crippen molar-refractivity contribution in [3.8, 4) is 0 Å². The van der Waals surface area contributed by atoms with E-state index in [4.69, 9.17) is 10.5 Å². The van der Waals surface area contributed by atoms with Gasteiger partial charge in [0.2, 0.25) is 5.91 Å². The van der Waals surface area contributed by atoms with Crippen LogP contribution in [-0.2, 0) is 9.53 Å². The van der Waals surface area contributed by atoms with E-state index in [9.17, 15) is 4.79 Å². The van der Waals surface area contributed by atoms with Crippen LogP contribution in [0.2, 0.25) is 0 Å². The van der Waals surface area contributed by atoms with E-state index in [1.54, 1.807) is 6.20 Å². The molecule has 5 rings (SSSR count). The summed E-state index contributed by atoms with van der Waals surface area (Å²) in [6.07, 6.45) is 10.8. The SMILES string of the molecule is CC1CCCO1.N[C@@H]1CCCN(c2c(Br)cnc3[nH]cc(NC(=O)C4CC4)c23)C1. The number of nitrogens with one attached hydrogen (secondary N) is 2. The van der Waals surface area contributed by atoms with E-state index < -0.39 is 0 Å². The first kappa shape index (κ1) is 20.6. The fourth-order valence-corrected chi connectivity index (χ4v) is 4.55. The number of nitrogens with two attached hydrogens (primary N) is 1. The fraction of sp³-hybridized carbons (Fsp3) is 0.619. The van der Waals surface area contributed by atoms with Crippen LogP contribution in [-0.4, -0.2) is 47.7 Å². The maximum atomic E-state index is 12.2. The number of pyridine rings is 1. The van der Waals surface area contributed by atoms with Gasteiger partial charge in [0.05, 0.1) is 27.3 Å². The van der Waals surface area contributed by atoms with Crippen LogP contribution < -0.4 is 16.0 Å². The number of fused-ring (bicyclic) bond motifs is 1. The molecule has 0 bridgehead atoms. The lowest BCUT2D eigenvalue weighted by Gasteiger charge is -2.33. The van der Waals surface area contributed by atoms with Gasteiger partial charge in [-0.1, -0.05) is 0 Å². The van der Waals surface area contributed by atoms with Crippen LogP contribution in [0, 0.1) is 5.92 Å². The zero-order valence-electron chi connectivity index (χ0n) is 16.9. The lowest BCUT2D eigenvalue weighted by atomic mass is 10.1. The number of nitrogens with zero attached hydrogens (tertiary/aromatic N) is 2. The van der Waals surface area contributed by atoms with Crippen molar-refractivity contribution in [3.05, 3.63) is 16.9 Å². The van der Waals surface area contributed by atoms with Crippen molar-refractivity contribution in [3.63, 3.8) is 0 Å². The number of halogens is 1. The van der Waals surface area contributed by atoms with Crippen molar-refractivity contribution in [2.24, 2.45) is 11.7 Å². The van der Waals surface area contributed by atoms with Gasteiger partial charge in [0.15, 0.2) is 0 Å². The first-order chi connectivity index (χ1) is 14.0. The minimum atomic E-state index is 0.104. The number of carbonyl (C=O) groups excluding carboxylic acids is 1. The fourth-order valence-electron chi connectivity index (χ4n) is 4.00. The summed E-state index contributed by atoms with van der Waals surface area (Å²) < 4.78 is 6.08. The largest absolute Gasteiger partial charge is 0.379 e. The van der Waals surface area contributed by atoms with Gasteiger partial charge < -0.3 is 25.7 Å². The number of rotatable bonds is 3. The highest BCUT2D eigenvalue weighted by molar-refractivity contribution is 9.10. The maximum absolute atomic E-state index is 12.2. The van der Waals surface area contributed by atoms with Crippen molar-refractivity contribution in [1.82, 2.24) is 9.97 Å². The van der Waals surface area contributed by atoms with E-state index in [1.165, 1.54) is 12.8 Å². The zero-order chi connectivity index (χ0) is 20.4. The van der Waals surface area contributed by atoms with Crippen molar-refractivity contribution in [1.29, 1.82) is 0 Å². The molecule has 0 spiro atoms. The molecule has 2 aliphatic heterocycles. The van der Waals surface area contributed by atoms with Crippen molar-refractivity contribution in [2.75, 3.05) is 29.9 Å². The molecular formula is C21H30BrN5O2.